The van der Waals surface area contributed by atoms with Crippen LogP contribution in [-0.4, -0.2) is 72.9 Å². The monoisotopic (exact) mass is 273 g/mol. The Balaban J connectivity index is 2.54. The summed E-state index contributed by atoms with van der Waals surface area (Å²) in [6.07, 6.45) is 2.71. The highest BCUT2D eigenvalue weighted by atomic mass is 32.2. The summed E-state index contributed by atoms with van der Waals surface area (Å²) >= 11 is 1.69. The minimum Gasteiger partial charge on any atom is -0.345 e. The molecule has 0 bridgehead atoms. The van der Waals surface area contributed by atoms with Gasteiger partial charge in [0.2, 0.25) is 11.8 Å². The average molecular weight is 273 g/mol. The van der Waals surface area contributed by atoms with E-state index in [1.165, 1.54) is 6.92 Å². The number of nitrogens with zero attached hydrogens (tertiary/aromatic N) is 2. The van der Waals surface area contributed by atoms with E-state index >= 15 is 0 Å². The third-order valence-corrected chi connectivity index (χ3v) is 3.75. The molecule has 1 atom stereocenters. The Morgan fingerprint density at radius 2 is 1.89 bits per heavy atom. The molecule has 1 unspecified atom stereocenters. The summed E-state index contributed by atoms with van der Waals surface area (Å²) < 4.78 is 0. The van der Waals surface area contributed by atoms with Crippen LogP contribution in [0.2, 0.25) is 0 Å². The van der Waals surface area contributed by atoms with Gasteiger partial charge in [-0.2, -0.15) is 11.8 Å². The number of hydrogen-bond donors (Lipinski definition) is 1. The van der Waals surface area contributed by atoms with Crippen molar-refractivity contribution in [2.75, 3.05) is 45.2 Å². The van der Waals surface area contributed by atoms with E-state index in [4.69, 9.17) is 0 Å². The summed E-state index contributed by atoms with van der Waals surface area (Å²) in [5, 5.41) is 2.77. The van der Waals surface area contributed by atoms with Crippen LogP contribution >= 0.6 is 11.8 Å². The van der Waals surface area contributed by atoms with Crippen LogP contribution in [0.5, 0.6) is 0 Å². The Labute approximate surface area is 113 Å². The van der Waals surface area contributed by atoms with Crippen LogP contribution in [0, 0.1) is 0 Å². The molecule has 2 amide bonds. The fraction of sp³-hybridized carbons (Fsp3) is 0.833. The molecular formula is C12H23N3O2S. The molecule has 6 heteroatoms. The molecule has 1 saturated heterocycles. The Morgan fingerprint density at radius 3 is 2.39 bits per heavy atom. The van der Waals surface area contributed by atoms with Gasteiger partial charge in [-0.15, -0.1) is 0 Å². The summed E-state index contributed by atoms with van der Waals surface area (Å²) in [5.74, 6) is 0.806. The number of likely N-dealkylation sites (N-methyl/N-ethyl adjacent to an activating group) is 1. The van der Waals surface area contributed by atoms with Gasteiger partial charge in [-0.1, -0.05) is 0 Å². The molecule has 1 N–H and O–H groups in total. The van der Waals surface area contributed by atoms with E-state index < -0.39 is 0 Å². The molecule has 0 aromatic rings. The molecule has 0 saturated carbocycles. The van der Waals surface area contributed by atoms with Crippen molar-refractivity contribution in [2.24, 2.45) is 0 Å². The van der Waals surface area contributed by atoms with E-state index in [2.05, 4.69) is 17.3 Å². The number of piperazine rings is 1. The number of nitrogens with one attached hydrogen (secondary N) is 1. The summed E-state index contributed by atoms with van der Waals surface area (Å²) in [4.78, 5) is 27.6. The van der Waals surface area contributed by atoms with Crippen LogP contribution in [0.4, 0.5) is 0 Å². The molecule has 1 aliphatic rings. The number of amides is 2. The topological polar surface area (TPSA) is 52.7 Å². The predicted molar refractivity (Wildman–Crippen MR) is 74.7 cm³/mol. The minimum absolute atomic E-state index is 0.0624. The second kappa shape index (κ2) is 7.63. The van der Waals surface area contributed by atoms with Crippen molar-refractivity contribution >= 4 is 23.6 Å². The highest BCUT2D eigenvalue weighted by Crippen LogP contribution is 2.07. The fourth-order valence-corrected chi connectivity index (χ4v) is 2.46. The van der Waals surface area contributed by atoms with Crippen molar-refractivity contribution in [1.82, 2.24) is 15.1 Å². The lowest BCUT2D eigenvalue weighted by Crippen LogP contribution is -2.54. The second-order valence-electron chi connectivity index (χ2n) is 4.66. The molecule has 0 aromatic heterocycles. The van der Waals surface area contributed by atoms with E-state index in [9.17, 15) is 9.59 Å². The molecule has 18 heavy (non-hydrogen) atoms. The first kappa shape index (κ1) is 15.3. The van der Waals surface area contributed by atoms with Gasteiger partial charge in [0.25, 0.3) is 0 Å². The summed E-state index contributed by atoms with van der Waals surface area (Å²) in [6.45, 7) is 4.78. The van der Waals surface area contributed by atoms with Crippen LogP contribution < -0.4 is 5.32 Å². The normalized spacial score (nSPS) is 18.5. The Morgan fingerprint density at radius 1 is 1.28 bits per heavy atom. The molecule has 0 radical (unpaired) electrons. The lowest BCUT2D eigenvalue weighted by molar-refractivity contribution is -0.137. The first-order chi connectivity index (χ1) is 8.54. The Hall–Kier alpha value is -0.750. The molecule has 1 fully saturated rings. The van der Waals surface area contributed by atoms with Gasteiger partial charge in [-0.05, 0) is 25.5 Å². The van der Waals surface area contributed by atoms with Gasteiger partial charge in [-0.3, -0.25) is 9.59 Å². The van der Waals surface area contributed by atoms with Crippen molar-refractivity contribution in [1.29, 1.82) is 0 Å². The van der Waals surface area contributed by atoms with E-state index in [0.717, 1.165) is 31.9 Å². The zero-order valence-electron chi connectivity index (χ0n) is 11.4. The Kier molecular flexibility index (Phi) is 6.49. The molecule has 0 spiro atoms. The quantitative estimate of drug-likeness (QED) is 0.767. The summed E-state index contributed by atoms with van der Waals surface area (Å²) in [7, 11) is 2.06. The zero-order valence-corrected chi connectivity index (χ0v) is 12.3. The van der Waals surface area contributed by atoms with Gasteiger partial charge in [-0.25, -0.2) is 0 Å². The van der Waals surface area contributed by atoms with E-state index in [1.54, 1.807) is 11.8 Å². The van der Waals surface area contributed by atoms with Gasteiger partial charge in [0.15, 0.2) is 0 Å². The number of rotatable bonds is 5. The van der Waals surface area contributed by atoms with E-state index in [1.807, 2.05) is 11.2 Å². The smallest absolute Gasteiger partial charge is 0.245 e. The predicted octanol–water partition coefficient (Wildman–Crippen LogP) is 0.0182. The zero-order chi connectivity index (χ0) is 13.5. The molecule has 104 valence electrons. The Bertz CT molecular complexity index is 291. The maximum atomic E-state index is 12.3. The van der Waals surface area contributed by atoms with Crippen LogP contribution in [0.1, 0.15) is 13.3 Å². The van der Waals surface area contributed by atoms with Crippen LogP contribution in [-0.2, 0) is 9.59 Å². The van der Waals surface area contributed by atoms with Crippen molar-refractivity contribution in [2.45, 2.75) is 19.4 Å². The van der Waals surface area contributed by atoms with Gasteiger partial charge < -0.3 is 15.1 Å². The molecule has 0 aromatic carbocycles. The maximum Gasteiger partial charge on any atom is 0.245 e. The molecule has 0 aliphatic carbocycles. The van der Waals surface area contributed by atoms with Crippen LogP contribution in [0.15, 0.2) is 0 Å². The second-order valence-corrected chi connectivity index (χ2v) is 5.65. The molecule has 1 aliphatic heterocycles. The molecular weight excluding hydrogens is 250 g/mol. The third kappa shape index (κ3) is 4.86. The lowest BCUT2D eigenvalue weighted by Gasteiger charge is -2.34. The number of carbonyl (C=O) groups excluding carboxylic acids is 2. The first-order valence-corrected chi connectivity index (χ1v) is 7.67. The SMILES string of the molecule is CSCCC(NC(C)=O)C(=O)N1CCN(C)CC1. The van der Waals surface area contributed by atoms with Gasteiger partial charge >= 0.3 is 0 Å². The molecule has 1 heterocycles. The molecule has 5 nitrogen and oxygen atoms in total. The summed E-state index contributed by atoms with van der Waals surface area (Å²) in [6, 6.07) is -0.363. The van der Waals surface area contributed by atoms with Gasteiger partial charge in [0, 0.05) is 33.1 Å². The molecule has 1 rings (SSSR count). The fourth-order valence-electron chi connectivity index (χ4n) is 1.99. The number of hydrogen-bond acceptors (Lipinski definition) is 4. The van der Waals surface area contributed by atoms with Crippen LogP contribution in [0.25, 0.3) is 0 Å². The highest BCUT2D eigenvalue weighted by Gasteiger charge is 2.26. The van der Waals surface area contributed by atoms with Gasteiger partial charge in [0.1, 0.15) is 6.04 Å². The number of thioether (sulfide) groups is 1. The largest absolute Gasteiger partial charge is 0.345 e. The minimum atomic E-state index is -0.363. The van der Waals surface area contributed by atoms with Crippen molar-refractivity contribution < 1.29 is 9.59 Å². The highest BCUT2D eigenvalue weighted by molar-refractivity contribution is 7.98. The van der Waals surface area contributed by atoms with E-state index in [0.29, 0.717) is 6.42 Å². The van der Waals surface area contributed by atoms with Crippen molar-refractivity contribution in [3.8, 4) is 0 Å². The standard InChI is InChI=1S/C12H23N3O2S/c1-10(16)13-11(4-9-18-3)12(17)15-7-5-14(2)6-8-15/h11H,4-9H2,1-3H3,(H,13,16). The van der Waals surface area contributed by atoms with Crippen molar-refractivity contribution in [3.05, 3.63) is 0 Å². The number of carbonyl (C=O) groups is 2. The first-order valence-electron chi connectivity index (χ1n) is 6.28. The maximum absolute atomic E-state index is 12.3. The third-order valence-electron chi connectivity index (χ3n) is 3.10. The average Bonchev–Trinajstić information content (AvgIpc) is 2.34. The summed E-state index contributed by atoms with van der Waals surface area (Å²) in [5.41, 5.74) is 0. The lowest BCUT2D eigenvalue weighted by atomic mass is 10.1. The van der Waals surface area contributed by atoms with Crippen LogP contribution in [0.3, 0.4) is 0 Å². The van der Waals surface area contributed by atoms with Crippen molar-refractivity contribution in [3.63, 3.8) is 0 Å². The van der Waals surface area contributed by atoms with E-state index in [-0.39, 0.29) is 17.9 Å². The van der Waals surface area contributed by atoms with Gasteiger partial charge in [0.05, 0.1) is 0 Å².